The van der Waals surface area contributed by atoms with E-state index in [1.54, 1.807) is 17.2 Å². The average Bonchev–Trinajstić information content (AvgIpc) is 3.08. The van der Waals surface area contributed by atoms with Crippen LogP contribution in [0.25, 0.3) is 11.2 Å². The number of hydrogen-bond acceptors (Lipinski definition) is 5. The Kier molecular flexibility index (Phi) is 6.17. The number of nitrogens with two attached hydrogens (primary N) is 1. The average molecular weight is 266 g/mol. The zero-order valence-corrected chi connectivity index (χ0v) is 11.4. The largest absolute Gasteiger partial charge is 0.400 e. The van der Waals surface area contributed by atoms with Gasteiger partial charge in [-0.1, -0.05) is 12.8 Å². The van der Waals surface area contributed by atoms with E-state index in [2.05, 4.69) is 15.0 Å². The SMILES string of the molecule is CO.Cn1cnc(=N)c2[nH]cnc21.NC1CCCC1. The van der Waals surface area contributed by atoms with Crippen molar-refractivity contribution in [1.82, 2.24) is 19.5 Å². The molecule has 1 aliphatic carbocycles. The molecule has 2 heterocycles. The van der Waals surface area contributed by atoms with Crippen LogP contribution < -0.4 is 11.2 Å². The maximum absolute atomic E-state index is 7.38. The van der Waals surface area contributed by atoms with E-state index in [1.165, 1.54) is 25.7 Å². The minimum absolute atomic E-state index is 0.232. The minimum atomic E-state index is 0.232. The van der Waals surface area contributed by atoms with E-state index < -0.39 is 0 Å². The zero-order valence-electron chi connectivity index (χ0n) is 11.4. The zero-order chi connectivity index (χ0) is 14.3. The lowest BCUT2D eigenvalue weighted by Crippen LogP contribution is -2.13. The summed E-state index contributed by atoms with van der Waals surface area (Å²) in [7, 11) is 2.84. The summed E-state index contributed by atoms with van der Waals surface area (Å²) in [5, 5.41) is 14.4. The Morgan fingerprint density at radius 2 is 2.00 bits per heavy atom. The fourth-order valence-electron chi connectivity index (χ4n) is 1.95. The molecule has 1 fully saturated rings. The van der Waals surface area contributed by atoms with Crippen LogP contribution in [-0.2, 0) is 7.05 Å². The van der Waals surface area contributed by atoms with Gasteiger partial charge in [0.05, 0.1) is 12.7 Å². The number of hydrogen-bond donors (Lipinski definition) is 4. The maximum atomic E-state index is 7.38. The van der Waals surface area contributed by atoms with Gasteiger partial charge in [0, 0.05) is 20.2 Å². The molecule has 2 aromatic rings. The van der Waals surface area contributed by atoms with Crippen LogP contribution in [0.4, 0.5) is 0 Å². The number of imidazole rings is 1. The number of aryl methyl sites for hydroxylation is 1. The predicted octanol–water partition coefficient (Wildman–Crippen LogP) is 0.272. The van der Waals surface area contributed by atoms with Crippen LogP contribution in [0.1, 0.15) is 25.7 Å². The van der Waals surface area contributed by atoms with Gasteiger partial charge in [0.2, 0.25) is 0 Å². The molecule has 0 radical (unpaired) electrons. The van der Waals surface area contributed by atoms with E-state index in [1.807, 2.05) is 7.05 Å². The molecule has 19 heavy (non-hydrogen) atoms. The summed E-state index contributed by atoms with van der Waals surface area (Å²) in [6.07, 6.45) is 8.39. The number of aliphatic hydroxyl groups excluding tert-OH is 1. The van der Waals surface area contributed by atoms with E-state index in [9.17, 15) is 0 Å². The Hall–Kier alpha value is -1.73. The molecule has 7 heteroatoms. The number of aromatic nitrogens is 4. The molecule has 7 nitrogen and oxygen atoms in total. The predicted molar refractivity (Wildman–Crippen MR) is 73.3 cm³/mol. The van der Waals surface area contributed by atoms with Crippen LogP contribution in [0.3, 0.4) is 0 Å². The van der Waals surface area contributed by atoms with E-state index in [0.717, 1.165) is 12.8 Å². The third kappa shape index (κ3) is 4.15. The third-order valence-electron chi connectivity index (χ3n) is 2.95. The number of rotatable bonds is 0. The molecule has 0 unspecified atom stereocenters. The van der Waals surface area contributed by atoms with Gasteiger partial charge in [-0.25, -0.2) is 9.97 Å². The molecule has 0 saturated heterocycles. The minimum Gasteiger partial charge on any atom is -0.400 e. The molecule has 106 valence electrons. The molecule has 0 aliphatic heterocycles. The molecular formula is C12H22N6O. The smallest absolute Gasteiger partial charge is 0.173 e. The van der Waals surface area contributed by atoms with E-state index in [-0.39, 0.29) is 5.49 Å². The fourth-order valence-corrected chi connectivity index (χ4v) is 1.95. The van der Waals surface area contributed by atoms with Crippen molar-refractivity contribution in [1.29, 1.82) is 5.41 Å². The van der Waals surface area contributed by atoms with Crippen molar-refractivity contribution in [3.63, 3.8) is 0 Å². The highest BCUT2D eigenvalue weighted by Gasteiger charge is 2.07. The van der Waals surface area contributed by atoms with Gasteiger partial charge in [0.15, 0.2) is 11.1 Å². The van der Waals surface area contributed by atoms with Gasteiger partial charge in [-0.05, 0) is 12.8 Å². The molecule has 1 saturated carbocycles. The number of H-pyrrole nitrogens is 1. The Labute approximate surface area is 112 Å². The second-order valence-electron chi connectivity index (χ2n) is 4.35. The van der Waals surface area contributed by atoms with Crippen molar-refractivity contribution in [2.24, 2.45) is 12.8 Å². The summed E-state index contributed by atoms with van der Waals surface area (Å²) in [6.45, 7) is 0. The third-order valence-corrected chi connectivity index (χ3v) is 2.95. The molecule has 5 N–H and O–H groups in total. The summed E-state index contributed by atoms with van der Waals surface area (Å²) in [5.74, 6) is 0. The molecule has 2 aromatic heterocycles. The molecule has 0 bridgehead atoms. The van der Waals surface area contributed by atoms with E-state index in [0.29, 0.717) is 11.6 Å². The van der Waals surface area contributed by atoms with Crippen molar-refractivity contribution in [2.75, 3.05) is 7.11 Å². The van der Waals surface area contributed by atoms with Gasteiger partial charge >= 0.3 is 0 Å². The Morgan fingerprint density at radius 3 is 2.47 bits per heavy atom. The first-order valence-corrected chi connectivity index (χ1v) is 6.28. The second kappa shape index (κ2) is 7.65. The van der Waals surface area contributed by atoms with Crippen LogP contribution in [0.5, 0.6) is 0 Å². The quantitative estimate of drug-likeness (QED) is 0.547. The Morgan fingerprint density at radius 1 is 1.37 bits per heavy atom. The molecule has 0 aromatic carbocycles. The lowest BCUT2D eigenvalue weighted by Gasteiger charge is -1.95. The van der Waals surface area contributed by atoms with Gasteiger partial charge in [0.25, 0.3) is 0 Å². The summed E-state index contributed by atoms with van der Waals surface area (Å²) in [5.41, 5.74) is 7.20. The Balaban J connectivity index is 0.000000192. The van der Waals surface area contributed by atoms with Crippen molar-refractivity contribution < 1.29 is 5.11 Å². The van der Waals surface area contributed by atoms with Crippen LogP contribution >= 0.6 is 0 Å². The van der Waals surface area contributed by atoms with Gasteiger partial charge < -0.3 is 20.4 Å². The first kappa shape index (κ1) is 15.3. The van der Waals surface area contributed by atoms with Crippen LogP contribution in [0.2, 0.25) is 0 Å². The van der Waals surface area contributed by atoms with Crippen molar-refractivity contribution in [2.45, 2.75) is 31.7 Å². The number of nitrogens with zero attached hydrogens (tertiary/aromatic N) is 3. The number of fused-ring (bicyclic) bond motifs is 1. The molecule has 0 spiro atoms. The van der Waals surface area contributed by atoms with Gasteiger partial charge in [-0.3, -0.25) is 5.41 Å². The van der Waals surface area contributed by atoms with E-state index in [4.69, 9.17) is 16.2 Å². The first-order valence-electron chi connectivity index (χ1n) is 6.28. The number of nitrogens with one attached hydrogen (secondary N) is 2. The molecule has 0 atom stereocenters. The maximum Gasteiger partial charge on any atom is 0.173 e. The monoisotopic (exact) mass is 266 g/mol. The summed E-state index contributed by atoms with van der Waals surface area (Å²) < 4.78 is 1.77. The van der Waals surface area contributed by atoms with Crippen LogP contribution in [-0.4, -0.2) is 37.8 Å². The topological polar surface area (TPSA) is 117 Å². The highest BCUT2D eigenvalue weighted by molar-refractivity contribution is 5.67. The summed E-state index contributed by atoms with van der Waals surface area (Å²) >= 11 is 0. The van der Waals surface area contributed by atoms with Crippen LogP contribution in [0.15, 0.2) is 12.7 Å². The van der Waals surface area contributed by atoms with E-state index >= 15 is 0 Å². The number of aliphatic hydroxyl groups is 1. The lowest BCUT2D eigenvalue weighted by atomic mass is 10.3. The molecule has 0 amide bonds. The standard InChI is InChI=1S/C6H7N5.C5H11N.CH4O/c1-11-3-10-5(7)4-6(11)9-2-8-4;6-5-3-1-2-4-5;1-2/h2-3,7H,1H3,(H,8,9);5H,1-4,6H2;2H,1H3. The normalized spacial score (nSPS) is 14.5. The van der Waals surface area contributed by atoms with Crippen molar-refractivity contribution >= 4 is 11.2 Å². The molecular weight excluding hydrogens is 244 g/mol. The highest BCUT2D eigenvalue weighted by atomic mass is 16.2. The lowest BCUT2D eigenvalue weighted by molar-refractivity contribution is 0.399. The Bertz CT molecular complexity index is 540. The fraction of sp³-hybridized carbons (Fsp3) is 0.583. The molecule has 1 aliphatic rings. The molecule has 3 rings (SSSR count). The second-order valence-corrected chi connectivity index (χ2v) is 4.35. The van der Waals surface area contributed by atoms with Gasteiger partial charge in [-0.15, -0.1) is 0 Å². The van der Waals surface area contributed by atoms with Crippen molar-refractivity contribution in [3.05, 3.63) is 18.1 Å². The van der Waals surface area contributed by atoms with Gasteiger partial charge in [-0.2, -0.15) is 0 Å². The van der Waals surface area contributed by atoms with Crippen molar-refractivity contribution in [3.8, 4) is 0 Å². The first-order chi connectivity index (χ1) is 9.18. The van der Waals surface area contributed by atoms with Gasteiger partial charge in [0.1, 0.15) is 5.52 Å². The summed E-state index contributed by atoms with van der Waals surface area (Å²) in [4.78, 5) is 10.7. The summed E-state index contributed by atoms with van der Waals surface area (Å²) in [6, 6.07) is 0.546. The van der Waals surface area contributed by atoms with Crippen LogP contribution in [0, 0.1) is 5.41 Å². The highest BCUT2D eigenvalue weighted by Crippen LogP contribution is 2.14. The number of aromatic amines is 1.